The molecule has 0 saturated carbocycles. The normalized spacial score (nSPS) is 11.1. The summed E-state index contributed by atoms with van der Waals surface area (Å²) in [6, 6.07) is 6.05. The van der Waals surface area contributed by atoms with E-state index in [4.69, 9.17) is 27.9 Å². The molecule has 0 aliphatic carbocycles. The molecule has 0 atom stereocenters. The fourth-order valence-electron chi connectivity index (χ4n) is 1.26. The van der Waals surface area contributed by atoms with Crippen LogP contribution in [0.3, 0.4) is 0 Å². The van der Waals surface area contributed by atoms with Crippen LogP contribution in [0.2, 0.25) is 10.0 Å². The molecule has 0 unspecified atom stereocenters. The molecule has 0 saturated heterocycles. The first-order valence-electron chi connectivity index (χ1n) is 5.35. The highest BCUT2D eigenvalue weighted by atomic mass is 35.5. The second-order valence-electron chi connectivity index (χ2n) is 3.87. The number of ether oxygens (including phenoxy) is 1. The van der Waals surface area contributed by atoms with Crippen molar-refractivity contribution in [2.45, 2.75) is 26.5 Å². The first-order chi connectivity index (χ1) is 7.61. The quantitative estimate of drug-likeness (QED) is 0.792. The Balaban J connectivity index is 2.29. The van der Waals surface area contributed by atoms with Crippen molar-refractivity contribution in [1.82, 2.24) is 5.32 Å². The van der Waals surface area contributed by atoms with Gasteiger partial charge in [-0.1, -0.05) is 49.2 Å². The van der Waals surface area contributed by atoms with Gasteiger partial charge in [-0.15, -0.1) is 0 Å². The van der Waals surface area contributed by atoms with Gasteiger partial charge >= 0.3 is 0 Å². The van der Waals surface area contributed by atoms with Gasteiger partial charge in [-0.05, 0) is 11.6 Å². The average molecular weight is 262 g/mol. The lowest BCUT2D eigenvalue weighted by molar-refractivity contribution is 0.121. The maximum absolute atomic E-state index is 6.03. The van der Waals surface area contributed by atoms with Gasteiger partial charge in [0.15, 0.2) is 0 Å². The molecule has 1 rings (SSSR count). The smallest absolute Gasteiger partial charge is 0.0732 e. The SMILES string of the molecule is CC(C)NCCOCc1cccc(Cl)c1Cl. The Morgan fingerprint density at radius 1 is 1.31 bits per heavy atom. The van der Waals surface area contributed by atoms with Crippen LogP contribution in [0.25, 0.3) is 0 Å². The topological polar surface area (TPSA) is 21.3 Å². The van der Waals surface area contributed by atoms with Crippen molar-refractivity contribution in [1.29, 1.82) is 0 Å². The van der Waals surface area contributed by atoms with Gasteiger partial charge in [-0.2, -0.15) is 0 Å². The van der Waals surface area contributed by atoms with E-state index in [0.29, 0.717) is 29.3 Å². The fourth-order valence-corrected chi connectivity index (χ4v) is 1.64. The minimum atomic E-state index is 0.485. The number of nitrogens with one attached hydrogen (secondary N) is 1. The van der Waals surface area contributed by atoms with E-state index in [1.807, 2.05) is 12.1 Å². The molecule has 0 spiro atoms. The molecular weight excluding hydrogens is 245 g/mol. The summed E-state index contributed by atoms with van der Waals surface area (Å²) < 4.78 is 5.50. The standard InChI is InChI=1S/C12H17Cl2NO/c1-9(2)15-6-7-16-8-10-4-3-5-11(13)12(10)14/h3-5,9,15H,6-8H2,1-2H3. The van der Waals surface area contributed by atoms with Crippen molar-refractivity contribution < 1.29 is 4.74 Å². The maximum Gasteiger partial charge on any atom is 0.0732 e. The van der Waals surface area contributed by atoms with Crippen LogP contribution in [-0.2, 0) is 11.3 Å². The molecular formula is C12H17Cl2NO. The van der Waals surface area contributed by atoms with Gasteiger partial charge in [-0.25, -0.2) is 0 Å². The Morgan fingerprint density at radius 3 is 2.75 bits per heavy atom. The van der Waals surface area contributed by atoms with Crippen LogP contribution in [0, 0.1) is 0 Å². The van der Waals surface area contributed by atoms with E-state index in [2.05, 4.69) is 19.2 Å². The summed E-state index contributed by atoms with van der Waals surface area (Å²) in [4.78, 5) is 0. The van der Waals surface area contributed by atoms with E-state index >= 15 is 0 Å². The summed E-state index contributed by atoms with van der Waals surface area (Å²) in [5.74, 6) is 0. The molecule has 0 amide bonds. The number of benzene rings is 1. The van der Waals surface area contributed by atoms with Crippen LogP contribution in [-0.4, -0.2) is 19.2 Å². The summed E-state index contributed by atoms with van der Waals surface area (Å²) in [6.07, 6.45) is 0. The zero-order valence-electron chi connectivity index (χ0n) is 9.59. The molecule has 4 heteroatoms. The first kappa shape index (κ1) is 13.8. The number of rotatable bonds is 6. The van der Waals surface area contributed by atoms with Crippen molar-refractivity contribution in [3.8, 4) is 0 Å². The van der Waals surface area contributed by atoms with Gasteiger partial charge in [0.1, 0.15) is 0 Å². The Hall–Kier alpha value is -0.280. The zero-order valence-corrected chi connectivity index (χ0v) is 11.1. The van der Waals surface area contributed by atoms with Gasteiger partial charge in [0, 0.05) is 12.6 Å². The van der Waals surface area contributed by atoms with Crippen molar-refractivity contribution in [2.24, 2.45) is 0 Å². The van der Waals surface area contributed by atoms with E-state index in [1.54, 1.807) is 6.07 Å². The largest absolute Gasteiger partial charge is 0.375 e. The third kappa shape index (κ3) is 4.71. The minimum Gasteiger partial charge on any atom is -0.375 e. The van der Waals surface area contributed by atoms with Crippen LogP contribution in [0.15, 0.2) is 18.2 Å². The van der Waals surface area contributed by atoms with E-state index in [9.17, 15) is 0 Å². The van der Waals surface area contributed by atoms with Crippen molar-refractivity contribution in [3.05, 3.63) is 33.8 Å². The van der Waals surface area contributed by atoms with Crippen LogP contribution < -0.4 is 5.32 Å². The Kier molecular flexibility index (Phi) is 6.14. The molecule has 1 aromatic rings. The summed E-state index contributed by atoms with van der Waals surface area (Å²) in [5, 5.41) is 4.43. The van der Waals surface area contributed by atoms with E-state index in [1.165, 1.54) is 0 Å². The lowest BCUT2D eigenvalue weighted by Crippen LogP contribution is -2.26. The lowest BCUT2D eigenvalue weighted by Gasteiger charge is -2.09. The van der Waals surface area contributed by atoms with Gasteiger partial charge in [0.05, 0.1) is 23.3 Å². The molecule has 2 nitrogen and oxygen atoms in total. The monoisotopic (exact) mass is 261 g/mol. The average Bonchev–Trinajstić information content (AvgIpc) is 2.23. The second-order valence-corrected chi connectivity index (χ2v) is 4.66. The molecule has 0 fully saturated rings. The van der Waals surface area contributed by atoms with Gasteiger partial charge < -0.3 is 10.1 Å². The maximum atomic E-state index is 6.03. The predicted molar refractivity (Wildman–Crippen MR) is 69.3 cm³/mol. The Morgan fingerprint density at radius 2 is 2.06 bits per heavy atom. The molecule has 0 heterocycles. The minimum absolute atomic E-state index is 0.485. The number of hydrogen-bond donors (Lipinski definition) is 1. The Bertz CT molecular complexity index is 329. The molecule has 0 bridgehead atoms. The lowest BCUT2D eigenvalue weighted by atomic mass is 10.2. The van der Waals surface area contributed by atoms with Crippen LogP contribution in [0.5, 0.6) is 0 Å². The first-order valence-corrected chi connectivity index (χ1v) is 6.11. The van der Waals surface area contributed by atoms with Crippen LogP contribution in [0.4, 0.5) is 0 Å². The molecule has 0 aromatic heterocycles. The molecule has 1 N–H and O–H groups in total. The van der Waals surface area contributed by atoms with Gasteiger partial charge in [-0.3, -0.25) is 0 Å². The van der Waals surface area contributed by atoms with Crippen LogP contribution >= 0.6 is 23.2 Å². The summed E-state index contributed by atoms with van der Waals surface area (Å²) >= 11 is 11.9. The van der Waals surface area contributed by atoms with E-state index < -0.39 is 0 Å². The zero-order chi connectivity index (χ0) is 12.0. The van der Waals surface area contributed by atoms with E-state index in [-0.39, 0.29) is 0 Å². The third-order valence-electron chi connectivity index (χ3n) is 2.09. The van der Waals surface area contributed by atoms with Crippen molar-refractivity contribution >= 4 is 23.2 Å². The van der Waals surface area contributed by atoms with Gasteiger partial charge in [0.25, 0.3) is 0 Å². The fraction of sp³-hybridized carbons (Fsp3) is 0.500. The molecule has 0 aliphatic rings. The van der Waals surface area contributed by atoms with Crippen molar-refractivity contribution in [3.63, 3.8) is 0 Å². The summed E-state index contributed by atoms with van der Waals surface area (Å²) in [5.41, 5.74) is 0.929. The number of halogens is 2. The summed E-state index contributed by atoms with van der Waals surface area (Å²) in [6.45, 7) is 6.22. The second kappa shape index (κ2) is 7.13. The number of hydrogen-bond acceptors (Lipinski definition) is 2. The highest BCUT2D eigenvalue weighted by Crippen LogP contribution is 2.25. The predicted octanol–water partition coefficient (Wildman–Crippen LogP) is 3.51. The molecule has 16 heavy (non-hydrogen) atoms. The van der Waals surface area contributed by atoms with Crippen LogP contribution in [0.1, 0.15) is 19.4 Å². The molecule has 1 aromatic carbocycles. The highest BCUT2D eigenvalue weighted by Gasteiger charge is 2.03. The van der Waals surface area contributed by atoms with Gasteiger partial charge in [0.2, 0.25) is 0 Å². The van der Waals surface area contributed by atoms with E-state index in [0.717, 1.165) is 12.1 Å². The molecule has 0 aliphatic heterocycles. The molecule has 0 radical (unpaired) electrons. The Labute approximate surface area is 107 Å². The molecule has 90 valence electrons. The highest BCUT2D eigenvalue weighted by molar-refractivity contribution is 6.42. The summed E-state index contributed by atoms with van der Waals surface area (Å²) in [7, 11) is 0. The third-order valence-corrected chi connectivity index (χ3v) is 2.95. The van der Waals surface area contributed by atoms with Crippen molar-refractivity contribution in [2.75, 3.05) is 13.2 Å².